The average molecular weight is 273 g/mol. The summed E-state index contributed by atoms with van der Waals surface area (Å²) in [6, 6.07) is 9.51. The predicted octanol–water partition coefficient (Wildman–Crippen LogP) is 0.805. The molecular weight excluding hydrogens is 254 g/mol. The van der Waals surface area contributed by atoms with Crippen LogP contribution in [-0.2, 0) is 16.5 Å². The van der Waals surface area contributed by atoms with Crippen molar-refractivity contribution in [1.82, 2.24) is 5.32 Å². The smallest absolute Gasteiger partial charge is 0.264 e. The molecule has 0 unspecified atom stereocenters. The van der Waals surface area contributed by atoms with Crippen LogP contribution in [0, 0.1) is 0 Å². The van der Waals surface area contributed by atoms with Gasteiger partial charge in [-0.3, -0.25) is 9.87 Å². The summed E-state index contributed by atoms with van der Waals surface area (Å²) in [4.78, 5) is 0. The van der Waals surface area contributed by atoms with Crippen molar-refractivity contribution < 1.29 is 18.1 Å². The van der Waals surface area contributed by atoms with Gasteiger partial charge in [-0.05, 0) is 25.5 Å². The third-order valence-corrected chi connectivity index (χ3v) is 3.28. The summed E-state index contributed by atoms with van der Waals surface area (Å²) in [5.41, 5.74) is -0.106. The highest BCUT2D eigenvalue weighted by molar-refractivity contribution is 7.85. The number of aliphatic hydroxyl groups is 1. The molecule has 1 rings (SSSR count). The Balaban J connectivity index is 2.36. The van der Waals surface area contributed by atoms with Gasteiger partial charge >= 0.3 is 0 Å². The van der Waals surface area contributed by atoms with E-state index in [2.05, 4.69) is 5.32 Å². The molecule has 1 atom stereocenters. The van der Waals surface area contributed by atoms with Crippen LogP contribution in [0.25, 0.3) is 0 Å². The van der Waals surface area contributed by atoms with Crippen LogP contribution in [-0.4, -0.2) is 36.1 Å². The Morgan fingerprint density at radius 3 is 2.44 bits per heavy atom. The van der Waals surface area contributed by atoms with Gasteiger partial charge in [-0.15, -0.1) is 0 Å². The normalized spacial score (nSPS) is 15.3. The molecule has 0 fully saturated rings. The fourth-order valence-corrected chi connectivity index (χ4v) is 2.18. The summed E-state index contributed by atoms with van der Waals surface area (Å²) in [6.45, 7) is 1.95. The highest BCUT2D eigenvalue weighted by Crippen LogP contribution is 2.10. The second-order valence-electron chi connectivity index (χ2n) is 4.50. The number of benzene rings is 1. The molecule has 0 bridgehead atoms. The van der Waals surface area contributed by atoms with Crippen LogP contribution >= 0.6 is 0 Å². The van der Waals surface area contributed by atoms with Crippen LogP contribution in [0.4, 0.5) is 0 Å². The van der Waals surface area contributed by atoms with E-state index in [0.717, 1.165) is 5.56 Å². The fraction of sp³-hybridized carbons (Fsp3) is 0.500. The molecule has 6 heteroatoms. The van der Waals surface area contributed by atoms with Gasteiger partial charge in [-0.2, -0.15) is 8.42 Å². The Hall–Kier alpha value is -0.950. The maximum atomic E-state index is 10.5. The average Bonchev–Trinajstić information content (AvgIpc) is 2.24. The number of hydrogen-bond acceptors (Lipinski definition) is 4. The van der Waals surface area contributed by atoms with Crippen LogP contribution in [0.5, 0.6) is 0 Å². The van der Waals surface area contributed by atoms with Crippen molar-refractivity contribution in [2.75, 3.05) is 12.3 Å². The van der Waals surface area contributed by atoms with E-state index < -0.39 is 15.8 Å². The summed E-state index contributed by atoms with van der Waals surface area (Å²) in [6.07, 6.45) is 0.684. The molecule has 0 saturated carbocycles. The lowest BCUT2D eigenvalue weighted by molar-refractivity contribution is 0.0249. The van der Waals surface area contributed by atoms with Gasteiger partial charge in [0, 0.05) is 6.42 Å². The summed E-state index contributed by atoms with van der Waals surface area (Å²) in [7, 11) is -3.92. The van der Waals surface area contributed by atoms with Gasteiger partial charge < -0.3 is 5.11 Å². The highest BCUT2D eigenvalue weighted by atomic mass is 32.2. The molecule has 0 aliphatic heterocycles. The minimum Gasteiger partial charge on any atom is -0.376 e. The van der Waals surface area contributed by atoms with Crippen molar-refractivity contribution in [1.29, 1.82) is 0 Å². The zero-order valence-electron chi connectivity index (χ0n) is 10.3. The number of nitrogens with one attached hydrogen (secondary N) is 1. The zero-order chi connectivity index (χ0) is 13.6. The second-order valence-corrected chi connectivity index (χ2v) is 6.07. The van der Waals surface area contributed by atoms with Crippen molar-refractivity contribution >= 4 is 10.1 Å². The van der Waals surface area contributed by atoms with Crippen LogP contribution in [0.3, 0.4) is 0 Å². The molecular formula is C12H19NO4S. The van der Waals surface area contributed by atoms with Crippen LogP contribution in [0.1, 0.15) is 18.9 Å². The van der Waals surface area contributed by atoms with Crippen LogP contribution in [0.15, 0.2) is 30.3 Å². The Morgan fingerprint density at radius 1 is 1.28 bits per heavy atom. The Bertz CT molecular complexity index is 456. The first kappa shape index (κ1) is 15.1. The molecule has 1 aromatic carbocycles. The van der Waals surface area contributed by atoms with Gasteiger partial charge in [-0.25, -0.2) is 0 Å². The summed E-state index contributed by atoms with van der Waals surface area (Å²) in [5, 5.41) is 12.9. The van der Waals surface area contributed by atoms with Crippen molar-refractivity contribution in [3.05, 3.63) is 35.9 Å². The Kier molecular flexibility index (Phi) is 5.28. The van der Waals surface area contributed by atoms with E-state index in [1.807, 2.05) is 30.3 Å². The van der Waals surface area contributed by atoms with Gasteiger partial charge in [0.15, 0.2) is 0 Å². The van der Waals surface area contributed by atoms with Gasteiger partial charge in [0.1, 0.15) is 5.72 Å². The SMILES string of the molecule is C[C@@](O)(Cc1ccccc1)NCCCS(=O)(=O)O. The first-order chi connectivity index (χ1) is 8.29. The zero-order valence-corrected chi connectivity index (χ0v) is 11.2. The van der Waals surface area contributed by atoms with Gasteiger partial charge in [0.25, 0.3) is 10.1 Å². The maximum Gasteiger partial charge on any atom is 0.264 e. The molecule has 18 heavy (non-hydrogen) atoms. The van der Waals surface area contributed by atoms with Crippen molar-refractivity contribution in [2.45, 2.75) is 25.5 Å². The standard InChI is InChI=1S/C12H19NO4S/c1-12(14,10-11-6-3-2-4-7-11)13-8-5-9-18(15,16)17/h2-4,6-7,13-14H,5,8-10H2,1H3,(H,15,16,17)/t12-/m1/s1. The van der Waals surface area contributed by atoms with E-state index in [-0.39, 0.29) is 12.2 Å². The topological polar surface area (TPSA) is 86.6 Å². The third-order valence-electron chi connectivity index (χ3n) is 2.48. The maximum absolute atomic E-state index is 10.5. The monoisotopic (exact) mass is 273 g/mol. The summed E-state index contributed by atoms with van der Waals surface area (Å²) >= 11 is 0. The van der Waals surface area contributed by atoms with Crippen molar-refractivity contribution in [3.8, 4) is 0 Å². The molecule has 5 nitrogen and oxygen atoms in total. The van der Waals surface area contributed by atoms with Crippen molar-refractivity contribution in [2.24, 2.45) is 0 Å². The van der Waals surface area contributed by atoms with E-state index in [0.29, 0.717) is 13.0 Å². The van der Waals surface area contributed by atoms with E-state index in [9.17, 15) is 13.5 Å². The first-order valence-corrected chi connectivity index (χ1v) is 7.36. The molecule has 0 amide bonds. The predicted molar refractivity (Wildman–Crippen MR) is 69.8 cm³/mol. The van der Waals surface area contributed by atoms with Crippen molar-refractivity contribution in [3.63, 3.8) is 0 Å². The summed E-state index contributed by atoms with van der Waals surface area (Å²) < 4.78 is 29.6. The first-order valence-electron chi connectivity index (χ1n) is 5.75. The van der Waals surface area contributed by atoms with E-state index in [1.165, 1.54) is 0 Å². The molecule has 0 aliphatic carbocycles. The minimum absolute atomic E-state index is 0.254. The van der Waals surface area contributed by atoms with E-state index in [4.69, 9.17) is 4.55 Å². The fourth-order valence-electron chi connectivity index (χ4n) is 1.67. The molecule has 0 heterocycles. The van der Waals surface area contributed by atoms with Gasteiger partial charge in [0.2, 0.25) is 0 Å². The van der Waals surface area contributed by atoms with E-state index in [1.54, 1.807) is 6.92 Å². The molecule has 0 aromatic heterocycles. The largest absolute Gasteiger partial charge is 0.376 e. The second kappa shape index (κ2) is 6.29. The number of rotatable bonds is 7. The lowest BCUT2D eigenvalue weighted by Gasteiger charge is -2.25. The summed E-state index contributed by atoms with van der Waals surface area (Å²) in [5.74, 6) is -0.304. The molecule has 0 aliphatic rings. The number of hydrogen-bond donors (Lipinski definition) is 3. The lowest BCUT2D eigenvalue weighted by Crippen LogP contribution is -2.44. The molecule has 102 valence electrons. The Morgan fingerprint density at radius 2 is 1.89 bits per heavy atom. The molecule has 0 radical (unpaired) electrons. The Labute approximate surface area is 108 Å². The molecule has 0 saturated heterocycles. The van der Waals surface area contributed by atoms with E-state index >= 15 is 0 Å². The molecule has 1 aromatic rings. The quantitative estimate of drug-likeness (QED) is 0.389. The lowest BCUT2D eigenvalue weighted by atomic mass is 10.0. The van der Waals surface area contributed by atoms with Crippen LogP contribution in [0.2, 0.25) is 0 Å². The van der Waals surface area contributed by atoms with Gasteiger partial charge in [-0.1, -0.05) is 30.3 Å². The van der Waals surface area contributed by atoms with Crippen LogP contribution < -0.4 is 5.32 Å². The molecule has 0 spiro atoms. The minimum atomic E-state index is -3.92. The third kappa shape index (κ3) is 6.70. The highest BCUT2D eigenvalue weighted by Gasteiger charge is 2.19. The van der Waals surface area contributed by atoms with Gasteiger partial charge in [0.05, 0.1) is 5.75 Å². The molecule has 3 N–H and O–H groups in total.